The third-order valence-corrected chi connectivity index (χ3v) is 13.6. The maximum atomic E-state index is 2.50. The van der Waals surface area contributed by atoms with Crippen LogP contribution < -0.4 is 4.90 Å². The molecule has 2 nitrogen and oxygen atoms in total. The Kier molecular flexibility index (Phi) is 9.06. The predicted molar refractivity (Wildman–Crippen MR) is 270 cm³/mol. The first-order chi connectivity index (χ1) is 31.3. The molecule has 0 saturated carbocycles. The zero-order valence-electron chi connectivity index (χ0n) is 34.4. The third kappa shape index (κ3) is 6.33. The highest BCUT2D eigenvalue weighted by Crippen LogP contribution is 2.50. The van der Waals surface area contributed by atoms with Crippen LogP contribution in [0.4, 0.5) is 17.1 Å². The largest absolute Gasteiger partial charge is 0.309 e. The number of thiophene rings is 1. The van der Waals surface area contributed by atoms with E-state index in [4.69, 9.17) is 0 Å². The van der Waals surface area contributed by atoms with Crippen LogP contribution >= 0.6 is 11.3 Å². The quantitative estimate of drug-likeness (QED) is 0.148. The molecule has 10 aromatic carbocycles. The standard InChI is InChI=1S/C60H40N2S/c1-4-19-41(20-5-1)46-25-10-11-26-47(46)43-35-38-57(54(39-43)42-21-6-2-7-22-42)62(45-36-37-50-48-27-12-15-32-55(48)61(58(50)40-45)44-23-8-3-9-24-44)56-33-16-13-28-49(56)52-30-18-31-53-51-29-14-17-34-59(51)63-60(52)53/h1-40H. The number of anilines is 3. The SMILES string of the molecule is c1ccc(-c2ccccc2-c2ccc(N(c3ccc4c5ccccc5n(-c5ccccc5)c4c3)c3ccccc3-c3cccc4c3sc3ccccc34)c(-c3ccccc3)c2)cc1. The molecule has 0 atom stereocenters. The van der Waals surface area contributed by atoms with Crippen molar-refractivity contribution in [3.05, 3.63) is 243 Å². The molecule has 12 aromatic rings. The third-order valence-electron chi connectivity index (χ3n) is 12.4. The van der Waals surface area contributed by atoms with E-state index in [1.807, 2.05) is 11.3 Å². The fourth-order valence-electron chi connectivity index (χ4n) is 9.57. The van der Waals surface area contributed by atoms with Crippen molar-refractivity contribution in [2.45, 2.75) is 0 Å². The Labute approximate surface area is 370 Å². The van der Waals surface area contributed by atoms with E-state index in [0.717, 1.165) is 39.4 Å². The fourth-order valence-corrected chi connectivity index (χ4v) is 10.8. The summed E-state index contributed by atoms with van der Waals surface area (Å²) in [5.41, 5.74) is 16.2. The lowest BCUT2D eigenvalue weighted by molar-refractivity contribution is 1.18. The smallest absolute Gasteiger partial charge is 0.0561 e. The Morgan fingerprint density at radius 3 is 1.65 bits per heavy atom. The van der Waals surface area contributed by atoms with E-state index in [0.29, 0.717) is 0 Å². The molecule has 0 bridgehead atoms. The molecule has 0 fully saturated rings. The first-order valence-corrected chi connectivity index (χ1v) is 22.3. The Morgan fingerprint density at radius 1 is 0.317 bits per heavy atom. The van der Waals surface area contributed by atoms with Gasteiger partial charge in [0.15, 0.2) is 0 Å². The van der Waals surface area contributed by atoms with Gasteiger partial charge in [-0.15, -0.1) is 11.3 Å². The van der Waals surface area contributed by atoms with Crippen LogP contribution in [0.15, 0.2) is 243 Å². The van der Waals surface area contributed by atoms with Crippen LogP contribution in [-0.4, -0.2) is 4.57 Å². The van der Waals surface area contributed by atoms with E-state index in [9.17, 15) is 0 Å². The number of aromatic nitrogens is 1. The number of rotatable bonds is 8. The van der Waals surface area contributed by atoms with Crippen molar-refractivity contribution in [3.8, 4) is 50.2 Å². The monoisotopic (exact) mass is 820 g/mol. The van der Waals surface area contributed by atoms with Gasteiger partial charge in [-0.2, -0.15) is 0 Å². The number of hydrogen-bond acceptors (Lipinski definition) is 2. The van der Waals surface area contributed by atoms with Gasteiger partial charge in [0.05, 0.1) is 22.4 Å². The second-order valence-corrected chi connectivity index (χ2v) is 17.1. The molecule has 0 saturated heterocycles. The van der Waals surface area contributed by atoms with Gasteiger partial charge in [0.1, 0.15) is 0 Å². The van der Waals surface area contributed by atoms with E-state index >= 15 is 0 Å². The minimum atomic E-state index is 1.08. The number of benzene rings is 10. The Hall–Kier alpha value is -7.98. The minimum absolute atomic E-state index is 1.08. The number of fused-ring (bicyclic) bond motifs is 6. The fraction of sp³-hybridized carbons (Fsp3) is 0. The van der Waals surface area contributed by atoms with Crippen molar-refractivity contribution < 1.29 is 0 Å². The summed E-state index contributed by atoms with van der Waals surface area (Å²) in [6.45, 7) is 0. The summed E-state index contributed by atoms with van der Waals surface area (Å²) < 4.78 is 5.01. The molecule has 0 N–H and O–H groups in total. The van der Waals surface area contributed by atoms with Crippen LogP contribution in [-0.2, 0) is 0 Å². The highest BCUT2D eigenvalue weighted by atomic mass is 32.1. The molecule has 0 amide bonds. The summed E-state index contributed by atoms with van der Waals surface area (Å²) >= 11 is 1.88. The summed E-state index contributed by atoms with van der Waals surface area (Å²) in [4.78, 5) is 2.50. The van der Waals surface area contributed by atoms with Crippen molar-refractivity contribution in [2.75, 3.05) is 4.90 Å². The van der Waals surface area contributed by atoms with Gasteiger partial charge in [-0.3, -0.25) is 0 Å². The molecule has 2 heterocycles. The average Bonchev–Trinajstić information content (AvgIpc) is 3.91. The van der Waals surface area contributed by atoms with Gasteiger partial charge in [-0.25, -0.2) is 0 Å². The average molecular weight is 821 g/mol. The van der Waals surface area contributed by atoms with Gasteiger partial charge in [-0.1, -0.05) is 188 Å². The number of hydrogen-bond donors (Lipinski definition) is 0. The first kappa shape index (κ1) is 36.8. The van der Waals surface area contributed by atoms with Gasteiger partial charge >= 0.3 is 0 Å². The maximum absolute atomic E-state index is 2.50. The zero-order chi connectivity index (χ0) is 41.7. The lowest BCUT2D eigenvalue weighted by Crippen LogP contribution is -2.13. The molecular formula is C60H40N2S. The zero-order valence-corrected chi connectivity index (χ0v) is 35.2. The van der Waals surface area contributed by atoms with Gasteiger partial charge < -0.3 is 9.47 Å². The molecule has 3 heteroatoms. The number of para-hydroxylation sites is 3. The molecule has 0 aliphatic rings. The van der Waals surface area contributed by atoms with Gasteiger partial charge in [0, 0.05) is 59.0 Å². The van der Waals surface area contributed by atoms with E-state index in [2.05, 4.69) is 252 Å². The number of nitrogens with zero attached hydrogens (tertiary/aromatic N) is 2. The maximum Gasteiger partial charge on any atom is 0.0561 e. The summed E-state index contributed by atoms with van der Waals surface area (Å²) in [6.07, 6.45) is 0. The molecule has 0 aliphatic carbocycles. The Balaban J connectivity index is 1.15. The molecular weight excluding hydrogens is 781 g/mol. The van der Waals surface area contributed by atoms with Crippen molar-refractivity contribution >= 4 is 70.4 Å². The normalized spacial score (nSPS) is 11.5. The first-order valence-electron chi connectivity index (χ1n) is 21.5. The molecule has 63 heavy (non-hydrogen) atoms. The van der Waals surface area contributed by atoms with Crippen LogP contribution in [0.5, 0.6) is 0 Å². The van der Waals surface area contributed by atoms with Crippen molar-refractivity contribution in [2.24, 2.45) is 0 Å². The lowest BCUT2D eigenvalue weighted by Gasteiger charge is -2.30. The molecule has 12 rings (SSSR count). The predicted octanol–water partition coefficient (Wildman–Crippen LogP) is 17.3. The topological polar surface area (TPSA) is 8.17 Å². The summed E-state index contributed by atoms with van der Waals surface area (Å²) in [5.74, 6) is 0. The molecule has 0 aliphatic heterocycles. The van der Waals surface area contributed by atoms with Crippen LogP contribution in [0.25, 0.3) is 92.2 Å². The molecule has 0 unspecified atom stereocenters. The summed E-state index contributed by atoms with van der Waals surface area (Å²) in [5, 5.41) is 5.04. The van der Waals surface area contributed by atoms with Crippen LogP contribution in [0, 0.1) is 0 Å². The van der Waals surface area contributed by atoms with E-state index in [1.165, 1.54) is 69.8 Å². The highest BCUT2D eigenvalue weighted by molar-refractivity contribution is 7.26. The van der Waals surface area contributed by atoms with Gasteiger partial charge in [0.25, 0.3) is 0 Å². The van der Waals surface area contributed by atoms with E-state index < -0.39 is 0 Å². The minimum Gasteiger partial charge on any atom is -0.309 e. The Morgan fingerprint density at radius 2 is 0.873 bits per heavy atom. The van der Waals surface area contributed by atoms with Crippen molar-refractivity contribution in [1.29, 1.82) is 0 Å². The van der Waals surface area contributed by atoms with Crippen LogP contribution in [0.3, 0.4) is 0 Å². The second kappa shape index (κ2) is 15.5. The van der Waals surface area contributed by atoms with Crippen molar-refractivity contribution in [3.63, 3.8) is 0 Å². The van der Waals surface area contributed by atoms with Crippen LogP contribution in [0.1, 0.15) is 0 Å². The second-order valence-electron chi connectivity index (χ2n) is 16.0. The van der Waals surface area contributed by atoms with Crippen LogP contribution in [0.2, 0.25) is 0 Å². The molecule has 2 aromatic heterocycles. The molecule has 296 valence electrons. The van der Waals surface area contributed by atoms with E-state index in [1.54, 1.807) is 0 Å². The molecule has 0 radical (unpaired) electrons. The summed E-state index contributed by atoms with van der Waals surface area (Å²) in [7, 11) is 0. The van der Waals surface area contributed by atoms with E-state index in [-0.39, 0.29) is 0 Å². The summed E-state index contributed by atoms with van der Waals surface area (Å²) in [6, 6.07) is 88.5. The van der Waals surface area contributed by atoms with Crippen molar-refractivity contribution in [1.82, 2.24) is 4.57 Å². The lowest BCUT2D eigenvalue weighted by atomic mass is 9.91. The van der Waals surface area contributed by atoms with Gasteiger partial charge in [-0.05, 0) is 82.4 Å². The van der Waals surface area contributed by atoms with Gasteiger partial charge in [0.2, 0.25) is 0 Å². The Bertz CT molecular complexity index is 3620. The molecule has 0 spiro atoms. The highest BCUT2D eigenvalue weighted by Gasteiger charge is 2.24.